The molecule has 0 saturated carbocycles. The van der Waals surface area contributed by atoms with E-state index in [2.05, 4.69) is 27.9 Å². The van der Waals surface area contributed by atoms with Crippen LogP contribution >= 0.6 is 0 Å². The van der Waals surface area contributed by atoms with E-state index >= 15 is 0 Å². The van der Waals surface area contributed by atoms with Crippen molar-refractivity contribution in [2.45, 2.75) is 64.6 Å². The minimum Gasteiger partial charge on any atom is -0.382 e. The second-order valence-corrected chi connectivity index (χ2v) is 8.34. The van der Waals surface area contributed by atoms with E-state index in [0.717, 1.165) is 16.6 Å². The lowest BCUT2D eigenvalue weighted by molar-refractivity contribution is 0.0755. The van der Waals surface area contributed by atoms with Crippen LogP contribution in [0.1, 0.15) is 51.2 Å². The Balaban J connectivity index is 1.55. The van der Waals surface area contributed by atoms with Gasteiger partial charge in [0.05, 0.1) is 11.7 Å². The summed E-state index contributed by atoms with van der Waals surface area (Å²) in [6.45, 7) is 5.76. The van der Waals surface area contributed by atoms with Gasteiger partial charge in [0.2, 0.25) is 0 Å². The lowest BCUT2D eigenvalue weighted by atomic mass is 9.96. The van der Waals surface area contributed by atoms with Crippen molar-refractivity contribution in [1.82, 2.24) is 15.1 Å². The molecule has 5 heteroatoms. The van der Waals surface area contributed by atoms with Gasteiger partial charge < -0.3 is 10.6 Å². The maximum atomic E-state index is 12.5. The van der Waals surface area contributed by atoms with Gasteiger partial charge in [0.1, 0.15) is 0 Å². The third-order valence-corrected chi connectivity index (χ3v) is 5.25. The molecule has 3 heterocycles. The number of aromatic nitrogens is 2. The molecule has 1 aromatic carbocycles. The molecule has 24 heavy (non-hydrogen) atoms. The summed E-state index contributed by atoms with van der Waals surface area (Å²) in [4.78, 5) is 12.5. The Morgan fingerprint density at radius 1 is 1.25 bits per heavy atom. The van der Waals surface area contributed by atoms with Crippen molar-refractivity contribution in [2.75, 3.05) is 5.32 Å². The summed E-state index contributed by atoms with van der Waals surface area (Å²) in [5.74, 6) is 0.0214. The van der Waals surface area contributed by atoms with E-state index < -0.39 is 5.41 Å². The molecule has 0 radical (unpaired) electrons. The molecule has 2 saturated heterocycles. The van der Waals surface area contributed by atoms with Crippen LogP contribution in [0.5, 0.6) is 0 Å². The number of rotatable bonds is 2. The van der Waals surface area contributed by atoms with Gasteiger partial charge in [-0.15, -0.1) is 0 Å². The largest absolute Gasteiger partial charge is 0.382 e. The van der Waals surface area contributed by atoms with E-state index in [1.54, 1.807) is 6.20 Å². The number of nitrogens with one attached hydrogen (secondary N) is 2. The van der Waals surface area contributed by atoms with Gasteiger partial charge in [0, 0.05) is 34.6 Å². The second-order valence-electron chi connectivity index (χ2n) is 8.34. The highest BCUT2D eigenvalue weighted by Crippen LogP contribution is 2.30. The van der Waals surface area contributed by atoms with Crippen molar-refractivity contribution < 1.29 is 4.79 Å². The molecule has 2 atom stereocenters. The van der Waals surface area contributed by atoms with Gasteiger partial charge in [-0.25, -0.2) is 0 Å². The first-order valence-electron chi connectivity index (χ1n) is 8.95. The zero-order valence-corrected chi connectivity index (χ0v) is 14.7. The van der Waals surface area contributed by atoms with Crippen LogP contribution in [0.3, 0.4) is 0 Å². The highest BCUT2D eigenvalue weighted by Gasteiger charge is 2.33. The van der Waals surface area contributed by atoms with Crippen molar-refractivity contribution in [3.05, 3.63) is 24.4 Å². The first-order valence-corrected chi connectivity index (χ1v) is 8.95. The standard InChI is InChI=1S/C19H26N4O/c1-19(2,3)18(24)23-17-7-6-13(8-12(17)11-20-23)22-16-9-14-4-5-15(10-16)21-14/h6-8,11,14-16,21-22H,4-5,9-10H2,1-3H3. The van der Waals surface area contributed by atoms with Crippen molar-refractivity contribution in [2.24, 2.45) is 5.41 Å². The lowest BCUT2D eigenvalue weighted by Gasteiger charge is -2.30. The molecular weight excluding hydrogens is 300 g/mol. The summed E-state index contributed by atoms with van der Waals surface area (Å²) in [6.07, 6.45) is 6.79. The normalized spacial score (nSPS) is 26.7. The van der Waals surface area contributed by atoms with Gasteiger partial charge in [0.25, 0.3) is 5.91 Å². The number of nitrogens with zero attached hydrogens (tertiary/aromatic N) is 2. The number of fused-ring (bicyclic) bond motifs is 3. The quantitative estimate of drug-likeness (QED) is 0.888. The predicted octanol–water partition coefficient (Wildman–Crippen LogP) is 3.42. The average Bonchev–Trinajstić information content (AvgIpc) is 3.08. The van der Waals surface area contributed by atoms with Crippen LogP contribution in [0.15, 0.2) is 24.4 Å². The Labute approximate surface area is 142 Å². The molecule has 0 aliphatic carbocycles. The average molecular weight is 326 g/mol. The van der Waals surface area contributed by atoms with Crippen LogP contribution in [-0.4, -0.2) is 33.8 Å². The highest BCUT2D eigenvalue weighted by molar-refractivity contribution is 5.94. The molecule has 2 aromatic rings. The molecule has 2 N–H and O–H groups in total. The third kappa shape index (κ3) is 2.81. The first-order chi connectivity index (χ1) is 11.4. The molecule has 2 aliphatic rings. The zero-order valence-electron chi connectivity index (χ0n) is 14.7. The fourth-order valence-corrected chi connectivity index (χ4v) is 4.01. The Kier molecular flexibility index (Phi) is 3.64. The molecule has 5 nitrogen and oxygen atoms in total. The topological polar surface area (TPSA) is 59.0 Å². The fraction of sp³-hybridized carbons (Fsp3) is 0.579. The van der Waals surface area contributed by atoms with Gasteiger partial charge in [-0.3, -0.25) is 4.79 Å². The SMILES string of the molecule is CC(C)(C)C(=O)n1ncc2cc(NC3CC4CCC(C3)N4)ccc21. The Bertz CT molecular complexity index is 761. The number of hydrogen-bond donors (Lipinski definition) is 2. The van der Waals surface area contributed by atoms with E-state index in [-0.39, 0.29) is 5.91 Å². The van der Waals surface area contributed by atoms with Crippen molar-refractivity contribution in [1.29, 1.82) is 0 Å². The third-order valence-electron chi connectivity index (χ3n) is 5.25. The Hall–Kier alpha value is -1.88. The summed E-state index contributed by atoms with van der Waals surface area (Å²) < 4.78 is 1.53. The number of carbonyl (C=O) groups excluding carboxylic acids is 1. The van der Waals surface area contributed by atoms with E-state index in [1.807, 2.05) is 26.8 Å². The molecule has 2 bridgehead atoms. The lowest BCUT2D eigenvalue weighted by Crippen LogP contribution is -2.43. The maximum Gasteiger partial charge on any atom is 0.252 e. The summed E-state index contributed by atoms with van der Waals surface area (Å²) in [6, 6.07) is 8.07. The van der Waals surface area contributed by atoms with E-state index in [4.69, 9.17) is 0 Å². The van der Waals surface area contributed by atoms with Crippen molar-refractivity contribution >= 4 is 22.5 Å². The molecule has 1 aromatic heterocycles. The summed E-state index contributed by atoms with van der Waals surface area (Å²) in [7, 11) is 0. The first kappa shape index (κ1) is 15.6. The molecule has 4 rings (SSSR count). The smallest absolute Gasteiger partial charge is 0.252 e. The van der Waals surface area contributed by atoms with Gasteiger partial charge in [-0.05, 0) is 43.9 Å². The van der Waals surface area contributed by atoms with Crippen LogP contribution in [0.4, 0.5) is 5.69 Å². The predicted molar refractivity (Wildman–Crippen MR) is 96.4 cm³/mol. The molecule has 2 fully saturated rings. The Morgan fingerprint density at radius 3 is 2.62 bits per heavy atom. The van der Waals surface area contributed by atoms with Gasteiger partial charge in [-0.1, -0.05) is 20.8 Å². The van der Waals surface area contributed by atoms with Crippen LogP contribution in [0, 0.1) is 5.41 Å². The van der Waals surface area contributed by atoms with Gasteiger partial charge in [0.15, 0.2) is 0 Å². The molecule has 2 aliphatic heterocycles. The second kappa shape index (κ2) is 5.59. The van der Waals surface area contributed by atoms with Crippen LogP contribution in [0.25, 0.3) is 10.9 Å². The summed E-state index contributed by atoms with van der Waals surface area (Å²) in [5, 5.41) is 12.7. The minimum absolute atomic E-state index is 0.0214. The van der Waals surface area contributed by atoms with E-state index in [9.17, 15) is 4.79 Å². The minimum atomic E-state index is -0.440. The monoisotopic (exact) mass is 326 g/mol. The Morgan fingerprint density at radius 2 is 1.96 bits per heavy atom. The number of benzene rings is 1. The molecule has 2 unspecified atom stereocenters. The zero-order chi connectivity index (χ0) is 16.9. The van der Waals surface area contributed by atoms with E-state index in [0.29, 0.717) is 18.1 Å². The summed E-state index contributed by atoms with van der Waals surface area (Å²) in [5.41, 5.74) is 1.56. The number of carbonyl (C=O) groups is 1. The van der Waals surface area contributed by atoms with Crippen LogP contribution < -0.4 is 10.6 Å². The van der Waals surface area contributed by atoms with Gasteiger partial charge >= 0.3 is 0 Å². The highest BCUT2D eigenvalue weighted by atomic mass is 16.2. The maximum absolute atomic E-state index is 12.5. The molecule has 0 amide bonds. The van der Waals surface area contributed by atoms with Gasteiger partial charge in [-0.2, -0.15) is 9.78 Å². The molecule has 0 spiro atoms. The summed E-state index contributed by atoms with van der Waals surface area (Å²) >= 11 is 0. The van der Waals surface area contributed by atoms with Crippen LogP contribution in [-0.2, 0) is 0 Å². The molecule has 128 valence electrons. The van der Waals surface area contributed by atoms with Crippen molar-refractivity contribution in [3.63, 3.8) is 0 Å². The number of piperidine rings is 1. The van der Waals surface area contributed by atoms with Crippen LogP contribution in [0.2, 0.25) is 0 Å². The van der Waals surface area contributed by atoms with E-state index in [1.165, 1.54) is 30.4 Å². The van der Waals surface area contributed by atoms with Crippen molar-refractivity contribution in [3.8, 4) is 0 Å². The number of hydrogen-bond acceptors (Lipinski definition) is 4. The number of anilines is 1. The fourth-order valence-electron chi connectivity index (χ4n) is 4.01. The molecular formula is C19H26N4O.